The topological polar surface area (TPSA) is 64.3 Å². The molecule has 0 aliphatic rings. The van der Waals surface area contributed by atoms with E-state index in [0.29, 0.717) is 6.54 Å². The van der Waals surface area contributed by atoms with Crippen LogP contribution in [0.3, 0.4) is 0 Å². The van der Waals surface area contributed by atoms with Crippen molar-refractivity contribution in [2.45, 2.75) is 39.3 Å². The van der Waals surface area contributed by atoms with Crippen molar-refractivity contribution < 1.29 is 9.53 Å². The van der Waals surface area contributed by atoms with Crippen LogP contribution >= 0.6 is 0 Å². The molecule has 78 valence electrons. The average molecular weight is 188 g/mol. The predicted molar refractivity (Wildman–Crippen MR) is 52.4 cm³/mol. The Bertz CT molecular complexity index is 145. The van der Waals surface area contributed by atoms with Gasteiger partial charge in [-0.3, -0.25) is 4.79 Å². The van der Waals surface area contributed by atoms with Crippen LogP contribution in [0, 0.1) is 0 Å². The Morgan fingerprint density at radius 1 is 1.54 bits per heavy atom. The van der Waals surface area contributed by atoms with E-state index in [0.717, 1.165) is 6.42 Å². The van der Waals surface area contributed by atoms with Gasteiger partial charge in [0.25, 0.3) is 0 Å². The minimum atomic E-state index is -0.0917. The van der Waals surface area contributed by atoms with Crippen molar-refractivity contribution in [3.05, 3.63) is 0 Å². The summed E-state index contributed by atoms with van der Waals surface area (Å²) in [7, 11) is 0. The highest BCUT2D eigenvalue weighted by Crippen LogP contribution is 1.90. The van der Waals surface area contributed by atoms with Gasteiger partial charge in [-0.05, 0) is 20.3 Å². The van der Waals surface area contributed by atoms with Gasteiger partial charge in [0, 0.05) is 12.6 Å². The summed E-state index contributed by atoms with van der Waals surface area (Å²) >= 11 is 0. The first kappa shape index (κ1) is 12.4. The van der Waals surface area contributed by atoms with Gasteiger partial charge in [-0.2, -0.15) is 0 Å². The van der Waals surface area contributed by atoms with Gasteiger partial charge >= 0.3 is 0 Å². The van der Waals surface area contributed by atoms with Crippen LogP contribution < -0.4 is 11.1 Å². The number of ether oxygens (including phenoxy) is 1. The van der Waals surface area contributed by atoms with Crippen molar-refractivity contribution in [2.24, 2.45) is 5.73 Å². The van der Waals surface area contributed by atoms with E-state index in [9.17, 15) is 4.79 Å². The molecule has 13 heavy (non-hydrogen) atoms. The van der Waals surface area contributed by atoms with E-state index < -0.39 is 0 Å². The molecule has 1 unspecified atom stereocenters. The highest BCUT2D eigenvalue weighted by Gasteiger charge is 2.08. The van der Waals surface area contributed by atoms with Crippen molar-refractivity contribution >= 4 is 5.91 Å². The Balaban J connectivity index is 3.60. The lowest BCUT2D eigenvalue weighted by atomic mass is 10.2. The van der Waals surface area contributed by atoms with E-state index in [1.165, 1.54) is 0 Å². The van der Waals surface area contributed by atoms with Crippen LogP contribution in [0.15, 0.2) is 0 Å². The Morgan fingerprint density at radius 2 is 2.15 bits per heavy atom. The fourth-order valence-corrected chi connectivity index (χ4v) is 0.839. The van der Waals surface area contributed by atoms with Crippen molar-refractivity contribution in [2.75, 3.05) is 13.2 Å². The highest BCUT2D eigenvalue weighted by atomic mass is 16.5. The molecule has 4 heteroatoms. The molecule has 0 aliphatic carbocycles. The SMILES string of the molecule is CCC(CN)NC(=O)COC(C)C. The maximum Gasteiger partial charge on any atom is 0.246 e. The molecular weight excluding hydrogens is 168 g/mol. The van der Waals surface area contributed by atoms with Crippen molar-refractivity contribution in [3.8, 4) is 0 Å². The van der Waals surface area contributed by atoms with Crippen molar-refractivity contribution in [1.29, 1.82) is 0 Å². The third-order valence-electron chi connectivity index (χ3n) is 1.69. The molecule has 0 spiro atoms. The minimum absolute atomic E-state index is 0.0725. The van der Waals surface area contributed by atoms with E-state index in [4.69, 9.17) is 10.5 Å². The zero-order valence-electron chi connectivity index (χ0n) is 8.67. The van der Waals surface area contributed by atoms with Gasteiger partial charge in [-0.1, -0.05) is 6.92 Å². The first-order chi connectivity index (χ1) is 6.10. The molecule has 0 bridgehead atoms. The maximum atomic E-state index is 11.2. The minimum Gasteiger partial charge on any atom is -0.369 e. The lowest BCUT2D eigenvalue weighted by molar-refractivity contribution is -0.127. The Kier molecular flexibility index (Phi) is 6.54. The molecule has 0 aromatic rings. The molecule has 0 radical (unpaired) electrons. The summed E-state index contributed by atoms with van der Waals surface area (Å²) in [5.74, 6) is -0.0917. The average Bonchev–Trinajstić information content (AvgIpc) is 2.10. The number of carbonyl (C=O) groups is 1. The first-order valence-corrected chi connectivity index (χ1v) is 4.71. The van der Waals surface area contributed by atoms with Crippen LogP contribution in [-0.4, -0.2) is 31.2 Å². The molecule has 0 aromatic carbocycles. The summed E-state index contributed by atoms with van der Waals surface area (Å²) in [6, 6.07) is 0.0725. The van der Waals surface area contributed by atoms with Crippen LogP contribution in [-0.2, 0) is 9.53 Å². The number of amides is 1. The maximum absolute atomic E-state index is 11.2. The third-order valence-corrected chi connectivity index (χ3v) is 1.69. The van der Waals surface area contributed by atoms with E-state index in [1.807, 2.05) is 20.8 Å². The summed E-state index contributed by atoms with van der Waals surface area (Å²) in [6.07, 6.45) is 0.938. The largest absolute Gasteiger partial charge is 0.369 e. The summed E-state index contributed by atoms with van der Waals surface area (Å²) in [5, 5.41) is 2.78. The molecular formula is C9H20N2O2. The number of hydrogen-bond acceptors (Lipinski definition) is 3. The van der Waals surface area contributed by atoms with E-state index in [2.05, 4.69) is 5.32 Å². The fourth-order valence-electron chi connectivity index (χ4n) is 0.839. The molecule has 3 N–H and O–H groups in total. The van der Waals surface area contributed by atoms with Crippen molar-refractivity contribution in [3.63, 3.8) is 0 Å². The Hall–Kier alpha value is -0.610. The molecule has 0 fully saturated rings. The number of nitrogens with two attached hydrogens (primary N) is 1. The second kappa shape index (κ2) is 6.86. The molecule has 4 nitrogen and oxygen atoms in total. The van der Waals surface area contributed by atoms with E-state index in [1.54, 1.807) is 0 Å². The normalized spacial score (nSPS) is 13.0. The van der Waals surface area contributed by atoms with Gasteiger partial charge < -0.3 is 15.8 Å². The smallest absolute Gasteiger partial charge is 0.246 e. The summed E-state index contributed by atoms with van der Waals surface area (Å²) in [6.45, 7) is 6.38. The summed E-state index contributed by atoms with van der Waals surface area (Å²) in [4.78, 5) is 11.2. The number of nitrogens with one attached hydrogen (secondary N) is 1. The van der Waals surface area contributed by atoms with Crippen LogP contribution in [0.25, 0.3) is 0 Å². The van der Waals surface area contributed by atoms with Gasteiger partial charge in [-0.15, -0.1) is 0 Å². The fraction of sp³-hybridized carbons (Fsp3) is 0.889. The third kappa shape index (κ3) is 6.54. The summed E-state index contributed by atoms with van der Waals surface area (Å²) < 4.78 is 5.14. The Labute approximate surface area is 79.8 Å². The second-order valence-electron chi connectivity index (χ2n) is 3.27. The quantitative estimate of drug-likeness (QED) is 0.628. The molecule has 0 heterocycles. The standard InChI is InChI=1S/C9H20N2O2/c1-4-8(5-10)11-9(12)6-13-7(2)3/h7-8H,4-6,10H2,1-3H3,(H,11,12). The zero-order chi connectivity index (χ0) is 10.3. The monoisotopic (exact) mass is 188 g/mol. The number of carbonyl (C=O) groups excluding carboxylic acids is 1. The molecule has 0 rings (SSSR count). The molecule has 1 atom stereocenters. The van der Waals surface area contributed by atoms with Crippen molar-refractivity contribution in [1.82, 2.24) is 5.32 Å². The molecule has 0 aliphatic heterocycles. The molecule has 1 amide bonds. The highest BCUT2D eigenvalue weighted by molar-refractivity contribution is 5.77. The zero-order valence-corrected chi connectivity index (χ0v) is 8.67. The van der Waals surface area contributed by atoms with Gasteiger partial charge in [0.1, 0.15) is 6.61 Å². The van der Waals surface area contributed by atoms with Gasteiger partial charge in [0.05, 0.1) is 6.10 Å². The molecule has 0 saturated heterocycles. The predicted octanol–water partition coefficient (Wildman–Crippen LogP) is 0.265. The van der Waals surface area contributed by atoms with E-state index >= 15 is 0 Å². The van der Waals surface area contributed by atoms with E-state index in [-0.39, 0.29) is 24.7 Å². The van der Waals surface area contributed by atoms with Crippen LogP contribution in [0.1, 0.15) is 27.2 Å². The number of rotatable bonds is 6. The molecule has 0 saturated carbocycles. The number of hydrogen-bond donors (Lipinski definition) is 2. The molecule has 0 aromatic heterocycles. The lowest BCUT2D eigenvalue weighted by Crippen LogP contribution is -2.41. The lowest BCUT2D eigenvalue weighted by Gasteiger charge is -2.15. The van der Waals surface area contributed by atoms with Crippen LogP contribution in [0.2, 0.25) is 0 Å². The van der Waals surface area contributed by atoms with Crippen LogP contribution in [0.4, 0.5) is 0 Å². The van der Waals surface area contributed by atoms with Gasteiger partial charge in [0.15, 0.2) is 0 Å². The van der Waals surface area contributed by atoms with Gasteiger partial charge in [-0.25, -0.2) is 0 Å². The first-order valence-electron chi connectivity index (χ1n) is 4.71. The van der Waals surface area contributed by atoms with Gasteiger partial charge in [0.2, 0.25) is 5.91 Å². The van der Waals surface area contributed by atoms with Crippen LogP contribution in [0.5, 0.6) is 0 Å². The summed E-state index contributed by atoms with van der Waals surface area (Å²) in [5.41, 5.74) is 5.43. The second-order valence-corrected chi connectivity index (χ2v) is 3.27. The Morgan fingerprint density at radius 3 is 2.54 bits per heavy atom.